The molecule has 0 radical (unpaired) electrons. The zero-order valence-electron chi connectivity index (χ0n) is 15.9. The van der Waals surface area contributed by atoms with Crippen molar-refractivity contribution in [3.8, 4) is 11.1 Å². The van der Waals surface area contributed by atoms with Crippen molar-refractivity contribution in [2.24, 2.45) is 0 Å². The number of benzene rings is 2. The highest BCUT2D eigenvalue weighted by Crippen LogP contribution is 2.28. The van der Waals surface area contributed by atoms with Crippen LogP contribution in [0.15, 0.2) is 77.8 Å². The third-order valence-corrected chi connectivity index (χ3v) is 6.38. The summed E-state index contributed by atoms with van der Waals surface area (Å²) in [4.78, 5) is 16.8. The minimum Gasteiger partial charge on any atom is -0.464 e. The van der Waals surface area contributed by atoms with Gasteiger partial charge in [0, 0.05) is 17.1 Å². The molecule has 0 spiro atoms. The second kappa shape index (κ2) is 7.18. The molecule has 0 aliphatic carbocycles. The van der Waals surface area contributed by atoms with E-state index in [9.17, 15) is 13.2 Å². The van der Waals surface area contributed by atoms with Crippen LogP contribution in [0.1, 0.15) is 16.1 Å². The van der Waals surface area contributed by atoms with Gasteiger partial charge in [0.05, 0.1) is 12.0 Å². The van der Waals surface area contributed by atoms with Crippen molar-refractivity contribution >= 4 is 27.0 Å². The second-order valence-corrected chi connectivity index (χ2v) is 8.39. The van der Waals surface area contributed by atoms with E-state index in [0.717, 1.165) is 20.7 Å². The largest absolute Gasteiger partial charge is 0.464 e. The first-order chi connectivity index (χ1) is 13.9. The van der Waals surface area contributed by atoms with Gasteiger partial charge in [-0.25, -0.2) is 22.2 Å². The van der Waals surface area contributed by atoms with Gasteiger partial charge >= 0.3 is 5.97 Å². The van der Waals surface area contributed by atoms with Gasteiger partial charge in [-0.15, -0.1) is 0 Å². The highest BCUT2D eigenvalue weighted by molar-refractivity contribution is 7.90. The smallest absolute Gasteiger partial charge is 0.355 e. The summed E-state index contributed by atoms with van der Waals surface area (Å²) >= 11 is 0. The molecule has 2 aromatic carbocycles. The van der Waals surface area contributed by atoms with Gasteiger partial charge in [-0.05, 0) is 36.8 Å². The van der Waals surface area contributed by atoms with Gasteiger partial charge in [-0.1, -0.05) is 48.0 Å². The van der Waals surface area contributed by atoms with Crippen LogP contribution in [0, 0.1) is 6.92 Å². The van der Waals surface area contributed by atoms with Crippen LogP contribution in [0.25, 0.3) is 22.2 Å². The summed E-state index contributed by atoms with van der Waals surface area (Å²) in [6.07, 6.45) is 1.60. The molecule has 0 unspecified atom stereocenters. The van der Waals surface area contributed by atoms with Crippen LogP contribution >= 0.6 is 0 Å². The fourth-order valence-electron chi connectivity index (χ4n) is 3.16. The van der Waals surface area contributed by atoms with E-state index in [0.29, 0.717) is 5.39 Å². The monoisotopic (exact) mass is 406 g/mol. The molecule has 0 bridgehead atoms. The Labute approximate surface area is 168 Å². The number of fused-ring (bicyclic) bond motifs is 1. The quantitative estimate of drug-likeness (QED) is 0.478. The lowest BCUT2D eigenvalue weighted by atomic mass is 10.1. The highest BCUT2D eigenvalue weighted by atomic mass is 32.2. The van der Waals surface area contributed by atoms with Crippen molar-refractivity contribution in [3.05, 3.63) is 84.2 Å². The van der Waals surface area contributed by atoms with E-state index < -0.39 is 16.0 Å². The van der Waals surface area contributed by atoms with Gasteiger partial charge in [-0.3, -0.25) is 0 Å². The molecule has 4 rings (SSSR count). The number of ether oxygens (including phenoxy) is 1. The molecule has 6 nitrogen and oxygen atoms in total. The minimum atomic E-state index is -4.05. The molecule has 0 saturated heterocycles. The van der Waals surface area contributed by atoms with E-state index >= 15 is 0 Å². The number of aryl methyl sites for hydroxylation is 1. The van der Waals surface area contributed by atoms with Crippen LogP contribution in [0.2, 0.25) is 0 Å². The number of aromatic nitrogens is 2. The van der Waals surface area contributed by atoms with Gasteiger partial charge in [0.15, 0.2) is 5.65 Å². The Bertz CT molecular complexity index is 1310. The number of methoxy groups -OCH3 is 1. The number of esters is 1. The summed E-state index contributed by atoms with van der Waals surface area (Å²) in [5.41, 5.74) is 2.77. The van der Waals surface area contributed by atoms with Gasteiger partial charge in [0.25, 0.3) is 10.0 Å². The molecule has 29 heavy (non-hydrogen) atoms. The fourth-order valence-corrected chi connectivity index (χ4v) is 4.62. The maximum atomic E-state index is 13.3. The first-order valence-corrected chi connectivity index (χ1v) is 10.3. The average molecular weight is 406 g/mol. The summed E-state index contributed by atoms with van der Waals surface area (Å²) in [5, 5.41) is 0.530. The van der Waals surface area contributed by atoms with E-state index in [-0.39, 0.29) is 16.2 Å². The predicted octanol–water partition coefficient (Wildman–Crippen LogP) is 4.04. The molecular formula is C22H18N2O4S. The fraction of sp³-hybridized carbons (Fsp3) is 0.0909. The molecule has 0 aliphatic heterocycles. The van der Waals surface area contributed by atoms with Crippen molar-refractivity contribution in [2.75, 3.05) is 7.11 Å². The Hall–Kier alpha value is -3.45. The van der Waals surface area contributed by atoms with Crippen LogP contribution < -0.4 is 0 Å². The third kappa shape index (κ3) is 3.30. The summed E-state index contributed by atoms with van der Waals surface area (Å²) in [5.74, 6) is -0.750. The zero-order valence-corrected chi connectivity index (χ0v) is 16.7. The molecule has 4 aromatic rings. The van der Waals surface area contributed by atoms with E-state index in [1.165, 1.54) is 25.3 Å². The second-order valence-electron chi connectivity index (χ2n) is 6.61. The first kappa shape index (κ1) is 18.9. The summed E-state index contributed by atoms with van der Waals surface area (Å²) in [6, 6.07) is 19.3. The van der Waals surface area contributed by atoms with Gasteiger partial charge < -0.3 is 4.74 Å². The van der Waals surface area contributed by atoms with Gasteiger partial charge in [0.2, 0.25) is 0 Å². The summed E-state index contributed by atoms with van der Waals surface area (Å²) in [6.45, 7) is 1.87. The van der Waals surface area contributed by atoms with Crippen molar-refractivity contribution in [3.63, 3.8) is 0 Å². The maximum Gasteiger partial charge on any atom is 0.355 e. The SMILES string of the molecule is COC(=O)c1cc2cc(-c3ccccc3)cnc2n1S(=O)(=O)c1ccc(C)cc1. The standard InChI is InChI=1S/C22H18N2O4S/c1-15-8-10-19(11-9-15)29(26,27)24-20(22(25)28-2)13-17-12-18(14-23-21(17)24)16-6-4-3-5-7-16/h3-14H,1-2H3. The van der Waals surface area contributed by atoms with Crippen LogP contribution in [0.5, 0.6) is 0 Å². The summed E-state index contributed by atoms with van der Waals surface area (Å²) < 4.78 is 32.4. The van der Waals surface area contributed by atoms with Gasteiger partial charge in [-0.2, -0.15) is 0 Å². The molecule has 7 heteroatoms. The van der Waals surface area contributed by atoms with E-state index in [2.05, 4.69) is 4.98 Å². The number of nitrogens with zero attached hydrogens (tertiary/aromatic N) is 2. The predicted molar refractivity (Wildman–Crippen MR) is 110 cm³/mol. The van der Waals surface area contributed by atoms with Crippen molar-refractivity contribution < 1.29 is 17.9 Å². The Morgan fingerprint density at radius 1 is 0.966 bits per heavy atom. The third-order valence-electron chi connectivity index (χ3n) is 4.66. The van der Waals surface area contributed by atoms with Crippen LogP contribution in [-0.2, 0) is 14.8 Å². The molecule has 0 amide bonds. The molecule has 0 saturated carbocycles. The van der Waals surface area contributed by atoms with Crippen molar-refractivity contribution in [1.82, 2.24) is 8.96 Å². The first-order valence-electron chi connectivity index (χ1n) is 8.89. The van der Waals surface area contributed by atoms with Gasteiger partial charge in [0.1, 0.15) is 5.69 Å². The Morgan fingerprint density at radius 2 is 1.66 bits per heavy atom. The van der Waals surface area contributed by atoms with Crippen LogP contribution in [0.3, 0.4) is 0 Å². The molecule has 2 aromatic heterocycles. The number of carbonyl (C=O) groups excluding carboxylic acids is 1. The van der Waals surface area contributed by atoms with E-state index in [1.54, 1.807) is 18.3 Å². The summed E-state index contributed by atoms with van der Waals surface area (Å²) in [7, 11) is -2.83. The Morgan fingerprint density at radius 3 is 2.31 bits per heavy atom. The number of rotatable bonds is 4. The Kier molecular flexibility index (Phi) is 4.68. The molecule has 0 N–H and O–H groups in total. The maximum absolute atomic E-state index is 13.3. The molecular weight excluding hydrogens is 388 g/mol. The normalized spacial score (nSPS) is 11.5. The Balaban J connectivity index is 1.96. The van der Waals surface area contributed by atoms with Crippen LogP contribution in [0.4, 0.5) is 0 Å². The molecule has 0 aliphatic rings. The lowest BCUT2D eigenvalue weighted by molar-refractivity contribution is 0.0593. The highest BCUT2D eigenvalue weighted by Gasteiger charge is 2.28. The lowest BCUT2D eigenvalue weighted by Crippen LogP contribution is -2.19. The molecule has 2 heterocycles. The van der Waals surface area contributed by atoms with E-state index in [1.807, 2.05) is 43.3 Å². The van der Waals surface area contributed by atoms with Crippen molar-refractivity contribution in [2.45, 2.75) is 11.8 Å². The zero-order chi connectivity index (χ0) is 20.6. The molecule has 146 valence electrons. The number of hydrogen-bond donors (Lipinski definition) is 0. The van der Waals surface area contributed by atoms with E-state index in [4.69, 9.17) is 4.74 Å². The lowest BCUT2D eigenvalue weighted by Gasteiger charge is -2.11. The van der Waals surface area contributed by atoms with Crippen LogP contribution in [-0.4, -0.2) is 30.5 Å². The number of carbonyl (C=O) groups is 1. The number of hydrogen-bond acceptors (Lipinski definition) is 5. The molecule has 0 fully saturated rings. The number of pyridine rings is 1. The molecule has 0 atom stereocenters. The van der Waals surface area contributed by atoms with Crippen molar-refractivity contribution in [1.29, 1.82) is 0 Å². The topological polar surface area (TPSA) is 78.3 Å². The average Bonchev–Trinajstić information content (AvgIpc) is 3.13. The minimum absolute atomic E-state index is 0.0692.